The molecule has 4 heteroatoms. The predicted molar refractivity (Wildman–Crippen MR) is 89.8 cm³/mol. The van der Waals surface area contributed by atoms with Gasteiger partial charge >= 0.3 is 0 Å². The largest absolute Gasteiger partial charge is 0.372 e. The molecule has 118 valence electrons. The van der Waals surface area contributed by atoms with Crippen LogP contribution in [0.15, 0.2) is 30.8 Å². The SMILES string of the molecule is C#Cc1ccc(C(=C)NC(C(N)=O)C(C)OC(C)(C)C)cc1. The minimum atomic E-state index is -0.668. The number of ether oxygens (including phenoxy) is 1. The van der Waals surface area contributed by atoms with Crippen molar-refractivity contribution in [2.75, 3.05) is 0 Å². The summed E-state index contributed by atoms with van der Waals surface area (Å²) in [6, 6.07) is 6.65. The maximum atomic E-state index is 11.7. The Labute approximate surface area is 132 Å². The summed E-state index contributed by atoms with van der Waals surface area (Å²) < 4.78 is 5.80. The van der Waals surface area contributed by atoms with Gasteiger partial charge < -0.3 is 15.8 Å². The first-order valence-corrected chi connectivity index (χ1v) is 7.13. The van der Waals surface area contributed by atoms with E-state index >= 15 is 0 Å². The minimum absolute atomic E-state index is 0.370. The Morgan fingerprint density at radius 1 is 1.36 bits per heavy atom. The number of rotatable bonds is 6. The molecule has 22 heavy (non-hydrogen) atoms. The normalized spacial score (nSPS) is 13.8. The molecule has 2 unspecified atom stereocenters. The molecule has 1 rings (SSSR count). The number of hydrogen-bond acceptors (Lipinski definition) is 3. The molecule has 0 spiro atoms. The highest BCUT2D eigenvalue weighted by atomic mass is 16.5. The van der Waals surface area contributed by atoms with Crippen molar-refractivity contribution in [1.82, 2.24) is 5.32 Å². The van der Waals surface area contributed by atoms with Crippen LogP contribution in [0.1, 0.15) is 38.8 Å². The smallest absolute Gasteiger partial charge is 0.242 e. The Bertz CT molecular complexity index is 577. The van der Waals surface area contributed by atoms with Gasteiger partial charge in [0.1, 0.15) is 6.04 Å². The van der Waals surface area contributed by atoms with Crippen LogP contribution in [-0.4, -0.2) is 23.7 Å². The second-order valence-electron chi connectivity index (χ2n) is 6.16. The molecule has 3 N–H and O–H groups in total. The lowest BCUT2D eigenvalue weighted by Gasteiger charge is -2.30. The zero-order chi connectivity index (χ0) is 16.9. The molecule has 0 saturated carbocycles. The van der Waals surface area contributed by atoms with Crippen LogP contribution in [0.2, 0.25) is 0 Å². The topological polar surface area (TPSA) is 64.3 Å². The average Bonchev–Trinajstić information content (AvgIpc) is 2.42. The monoisotopic (exact) mass is 300 g/mol. The molecule has 0 saturated heterocycles. The number of benzene rings is 1. The van der Waals surface area contributed by atoms with Gasteiger partial charge in [-0.25, -0.2) is 0 Å². The van der Waals surface area contributed by atoms with Crippen molar-refractivity contribution < 1.29 is 9.53 Å². The third kappa shape index (κ3) is 5.27. The summed E-state index contributed by atoms with van der Waals surface area (Å²) in [6.45, 7) is 11.5. The molecule has 0 aliphatic carbocycles. The van der Waals surface area contributed by atoms with Crippen molar-refractivity contribution in [3.63, 3.8) is 0 Å². The summed E-state index contributed by atoms with van der Waals surface area (Å²) in [6.07, 6.45) is 4.94. The fourth-order valence-electron chi connectivity index (χ4n) is 2.08. The van der Waals surface area contributed by atoms with Crippen LogP contribution >= 0.6 is 0 Å². The molecule has 0 radical (unpaired) electrons. The molecule has 4 nitrogen and oxygen atoms in total. The lowest BCUT2D eigenvalue weighted by Crippen LogP contribution is -2.50. The first-order valence-electron chi connectivity index (χ1n) is 7.13. The van der Waals surface area contributed by atoms with Crippen LogP contribution in [0.3, 0.4) is 0 Å². The van der Waals surface area contributed by atoms with Crippen LogP contribution in [0.5, 0.6) is 0 Å². The molecule has 0 fully saturated rings. The van der Waals surface area contributed by atoms with Gasteiger partial charge in [0, 0.05) is 11.3 Å². The average molecular weight is 300 g/mol. The van der Waals surface area contributed by atoms with Crippen molar-refractivity contribution in [2.24, 2.45) is 5.73 Å². The maximum absolute atomic E-state index is 11.7. The fourth-order valence-corrected chi connectivity index (χ4v) is 2.08. The van der Waals surface area contributed by atoms with E-state index in [9.17, 15) is 4.79 Å². The Kier molecular flexibility index (Phi) is 5.78. The second kappa shape index (κ2) is 7.15. The summed E-state index contributed by atoms with van der Waals surface area (Å²) in [4.78, 5) is 11.7. The first-order chi connectivity index (χ1) is 10.1. The lowest BCUT2D eigenvalue weighted by atomic mass is 10.1. The maximum Gasteiger partial charge on any atom is 0.242 e. The van der Waals surface area contributed by atoms with E-state index in [2.05, 4.69) is 17.8 Å². The molecule has 1 amide bonds. The summed E-state index contributed by atoms with van der Waals surface area (Å²) in [5.41, 5.74) is 7.33. The molecule has 2 atom stereocenters. The Hall–Kier alpha value is -2.25. The van der Waals surface area contributed by atoms with Gasteiger partial charge in [-0.3, -0.25) is 4.79 Å². The van der Waals surface area contributed by atoms with Crippen molar-refractivity contribution in [3.05, 3.63) is 42.0 Å². The number of amides is 1. The van der Waals surface area contributed by atoms with Crippen LogP contribution in [-0.2, 0) is 9.53 Å². The zero-order valence-electron chi connectivity index (χ0n) is 13.6. The van der Waals surface area contributed by atoms with Crippen molar-refractivity contribution in [3.8, 4) is 12.3 Å². The van der Waals surface area contributed by atoms with Gasteiger partial charge in [-0.15, -0.1) is 6.42 Å². The van der Waals surface area contributed by atoms with E-state index < -0.39 is 11.9 Å². The van der Waals surface area contributed by atoms with E-state index in [0.717, 1.165) is 11.1 Å². The third-order valence-electron chi connectivity index (χ3n) is 3.05. The van der Waals surface area contributed by atoms with Crippen molar-refractivity contribution >= 4 is 11.6 Å². The van der Waals surface area contributed by atoms with Gasteiger partial charge in [0.25, 0.3) is 0 Å². The minimum Gasteiger partial charge on any atom is -0.372 e. The number of hydrogen-bond donors (Lipinski definition) is 2. The second-order valence-corrected chi connectivity index (χ2v) is 6.16. The molecule has 0 aliphatic rings. The molecule has 0 heterocycles. The molecule has 1 aromatic rings. The summed E-state index contributed by atoms with van der Waals surface area (Å²) in [7, 11) is 0. The van der Waals surface area contributed by atoms with E-state index in [4.69, 9.17) is 16.9 Å². The van der Waals surface area contributed by atoms with E-state index in [-0.39, 0.29) is 11.7 Å². The van der Waals surface area contributed by atoms with Gasteiger partial charge in [-0.1, -0.05) is 24.6 Å². The molecule has 1 aromatic carbocycles. The van der Waals surface area contributed by atoms with Gasteiger partial charge in [-0.2, -0.15) is 0 Å². The standard InChI is InChI=1S/C18H24N2O2/c1-7-14-8-10-15(11-9-14)12(2)20-16(17(19)21)13(3)22-18(4,5)6/h1,8-11,13,16,20H,2H2,3-6H3,(H2,19,21). The Morgan fingerprint density at radius 3 is 2.32 bits per heavy atom. The van der Waals surface area contributed by atoms with Crippen molar-refractivity contribution in [2.45, 2.75) is 45.4 Å². The number of carbonyl (C=O) groups excluding carboxylic acids is 1. The third-order valence-corrected chi connectivity index (χ3v) is 3.05. The van der Waals surface area contributed by atoms with Crippen LogP contribution in [0, 0.1) is 12.3 Å². The number of nitrogens with one attached hydrogen (secondary N) is 1. The quantitative estimate of drug-likeness (QED) is 0.792. The highest BCUT2D eigenvalue weighted by molar-refractivity contribution is 5.82. The van der Waals surface area contributed by atoms with E-state index in [1.54, 1.807) is 0 Å². The van der Waals surface area contributed by atoms with Crippen molar-refractivity contribution in [1.29, 1.82) is 0 Å². The molecule has 0 aliphatic heterocycles. The zero-order valence-corrected chi connectivity index (χ0v) is 13.6. The molecule has 0 bridgehead atoms. The number of terminal acetylenes is 1. The summed E-state index contributed by atoms with van der Waals surface area (Å²) in [5, 5.41) is 3.05. The van der Waals surface area contributed by atoms with E-state index in [0.29, 0.717) is 5.70 Å². The van der Waals surface area contributed by atoms with Gasteiger partial charge in [0.15, 0.2) is 0 Å². The predicted octanol–water partition coefficient (Wildman–Crippen LogP) is 2.29. The van der Waals surface area contributed by atoms with Crippen LogP contribution in [0.4, 0.5) is 0 Å². The molecule has 0 aromatic heterocycles. The number of primary amides is 1. The first kappa shape index (κ1) is 17.8. The number of carbonyl (C=O) groups is 1. The van der Waals surface area contributed by atoms with E-state index in [1.807, 2.05) is 52.0 Å². The van der Waals surface area contributed by atoms with Crippen LogP contribution in [0.25, 0.3) is 5.70 Å². The number of nitrogens with two attached hydrogens (primary N) is 1. The molecular formula is C18H24N2O2. The highest BCUT2D eigenvalue weighted by Crippen LogP contribution is 2.16. The fraction of sp³-hybridized carbons (Fsp3) is 0.389. The lowest BCUT2D eigenvalue weighted by molar-refractivity contribution is -0.127. The molecular weight excluding hydrogens is 276 g/mol. The summed E-state index contributed by atoms with van der Waals surface area (Å²) in [5.74, 6) is 2.06. The van der Waals surface area contributed by atoms with Crippen LogP contribution < -0.4 is 11.1 Å². The van der Waals surface area contributed by atoms with Gasteiger partial charge in [0.05, 0.1) is 11.7 Å². The van der Waals surface area contributed by atoms with Gasteiger partial charge in [-0.05, 0) is 45.4 Å². The van der Waals surface area contributed by atoms with E-state index in [1.165, 1.54) is 0 Å². The summed E-state index contributed by atoms with van der Waals surface area (Å²) >= 11 is 0. The highest BCUT2D eigenvalue weighted by Gasteiger charge is 2.27. The Balaban J connectivity index is 2.84. The van der Waals surface area contributed by atoms with Gasteiger partial charge in [0.2, 0.25) is 5.91 Å². The Morgan fingerprint density at radius 2 is 1.91 bits per heavy atom.